The zero-order valence-electron chi connectivity index (χ0n) is 14.6. The number of hydrogen-bond donors (Lipinski definition) is 0. The molecule has 0 radical (unpaired) electrons. The van der Waals surface area contributed by atoms with Crippen LogP contribution in [-0.4, -0.2) is 41.1 Å². The number of hydrogen-bond acceptors (Lipinski definition) is 5. The highest BCUT2D eigenvalue weighted by atomic mass is 16.8. The van der Waals surface area contributed by atoms with Crippen molar-refractivity contribution in [2.45, 2.75) is 13.1 Å². The molecular weight excluding hydrogens is 328 g/mol. The Bertz CT molecular complexity index is 828. The van der Waals surface area contributed by atoms with E-state index in [0.29, 0.717) is 22.8 Å². The van der Waals surface area contributed by atoms with Crippen molar-refractivity contribution >= 4 is 0 Å². The van der Waals surface area contributed by atoms with Gasteiger partial charge in [0.25, 0.3) is 5.69 Å². The third-order valence-electron chi connectivity index (χ3n) is 4.83. The summed E-state index contributed by atoms with van der Waals surface area (Å²) < 4.78 is 4.87. The largest absolute Gasteiger partial charge is 0.359 e. The Morgan fingerprint density at radius 3 is 2.08 bits per heavy atom. The molecule has 1 fully saturated rings. The molecule has 1 saturated heterocycles. The second kappa shape index (κ2) is 7.68. The summed E-state index contributed by atoms with van der Waals surface area (Å²) in [5, 5.41) is 16.0. The molecule has 0 atom stereocenters. The van der Waals surface area contributed by atoms with E-state index in [4.69, 9.17) is 4.63 Å². The molecule has 0 aliphatic carbocycles. The molecule has 0 saturated carbocycles. The van der Waals surface area contributed by atoms with Crippen molar-refractivity contribution in [1.82, 2.24) is 15.0 Å². The van der Waals surface area contributed by atoms with Crippen LogP contribution in [0.15, 0.2) is 65.3 Å². The topological polar surface area (TPSA) is 59.5 Å². The van der Waals surface area contributed by atoms with Gasteiger partial charge >= 0.3 is 0 Å². The zero-order valence-corrected chi connectivity index (χ0v) is 14.6. The Hall–Kier alpha value is -2.70. The van der Waals surface area contributed by atoms with Crippen LogP contribution in [0.4, 0.5) is 0 Å². The molecular formula is C20H22N4O2. The molecule has 2 aromatic carbocycles. The Kier molecular flexibility index (Phi) is 4.95. The van der Waals surface area contributed by atoms with Gasteiger partial charge in [-0.1, -0.05) is 60.7 Å². The van der Waals surface area contributed by atoms with Crippen LogP contribution in [0.25, 0.3) is 11.3 Å². The second-order valence-electron chi connectivity index (χ2n) is 6.63. The van der Waals surface area contributed by atoms with Crippen molar-refractivity contribution in [2.24, 2.45) is 0 Å². The van der Waals surface area contributed by atoms with Gasteiger partial charge in [0.1, 0.15) is 0 Å². The fraction of sp³-hybridized carbons (Fsp3) is 0.300. The van der Waals surface area contributed by atoms with Crippen LogP contribution in [0.5, 0.6) is 0 Å². The normalized spacial score (nSPS) is 16.0. The monoisotopic (exact) mass is 350 g/mol. The Morgan fingerprint density at radius 1 is 0.846 bits per heavy atom. The van der Waals surface area contributed by atoms with Crippen molar-refractivity contribution in [2.75, 3.05) is 26.2 Å². The molecule has 0 unspecified atom stereocenters. The SMILES string of the molecule is [O-][n+]1onc(-c2ccccc2)c1CN1CCN(Cc2ccccc2)CC1. The minimum atomic E-state index is 0.540. The quantitative estimate of drug-likeness (QED) is 0.661. The van der Waals surface area contributed by atoms with Crippen molar-refractivity contribution in [3.63, 3.8) is 0 Å². The van der Waals surface area contributed by atoms with Gasteiger partial charge in [-0.2, -0.15) is 0 Å². The van der Waals surface area contributed by atoms with Crippen molar-refractivity contribution in [3.05, 3.63) is 77.1 Å². The smallest absolute Gasteiger partial charge is 0.252 e. The van der Waals surface area contributed by atoms with Crippen molar-refractivity contribution in [3.8, 4) is 11.3 Å². The minimum absolute atomic E-state index is 0.540. The van der Waals surface area contributed by atoms with E-state index in [2.05, 4.69) is 39.2 Å². The molecule has 0 bridgehead atoms. The van der Waals surface area contributed by atoms with Crippen LogP contribution in [-0.2, 0) is 13.1 Å². The molecule has 3 aromatic rings. The Morgan fingerprint density at radius 2 is 1.42 bits per heavy atom. The highest BCUT2D eigenvalue weighted by molar-refractivity contribution is 5.59. The number of rotatable bonds is 5. The molecule has 26 heavy (non-hydrogen) atoms. The Labute approximate surface area is 152 Å². The third-order valence-corrected chi connectivity index (χ3v) is 4.83. The predicted octanol–water partition coefficient (Wildman–Crippen LogP) is 2.29. The fourth-order valence-electron chi connectivity index (χ4n) is 3.37. The lowest BCUT2D eigenvalue weighted by atomic mass is 10.1. The van der Waals surface area contributed by atoms with Gasteiger partial charge in [-0.05, 0) is 10.5 Å². The first-order valence-electron chi connectivity index (χ1n) is 8.92. The summed E-state index contributed by atoms with van der Waals surface area (Å²) >= 11 is 0. The van der Waals surface area contributed by atoms with Crippen molar-refractivity contribution in [1.29, 1.82) is 0 Å². The summed E-state index contributed by atoms with van der Waals surface area (Å²) in [4.78, 5) is 5.27. The van der Waals surface area contributed by atoms with E-state index in [-0.39, 0.29) is 0 Å². The maximum atomic E-state index is 12.0. The second-order valence-corrected chi connectivity index (χ2v) is 6.63. The van der Waals surface area contributed by atoms with E-state index in [1.807, 2.05) is 36.4 Å². The van der Waals surface area contributed by atoms with Gasteiger partial charge in [0.2, 0.25) is 5.69 Å². The summed E-state index contributed by atoms with van der Waals surface area (Å²) in [6.07, 6.45) is 0. The standard InChI is InChI=1S/C20H22N4O2/c25-24-19(20(21-26-24)18-9-5-2-6-10-18)16-23-13-11-22(12-14-23)15-17-7-3-1-4-8-17/h1-10H,11-16H2. The van der Waals surface area contributed by atoms with E-state index in [1.54, 1.807) is 0 Å². The predicted molar refractivity (Wildman–Crippen MR) is 97.9 cm³/mol. The van der Waals surface area contributed by atoms with E-state index in [1.165, 1.54) is 5.56 Å². The average Bonchev–Trinajstić information content (AvgIpc) is 3.05. The molecule has 0 spiro atoms. The van der Waals surface area contributed by atoms with Gasteiger partial charge in [-0.15, -0.1) is 0 Å². The molecule has 1 aromatic heterocycles. The average molecular weight is 350 g/mol. The maximum Gasteiger partial charge on any atom is 0.252 e. The first-order valence-corrected chi connectivity index (χ1v) is 8.92. The lowest BCUT2D eigenvalue weighted by Gasteiger charge is -2.34. The van der Waals surface area contributed by atoms with Crippen molar-refractivity contribution < 1.29 is 9.53 Å². The number of nitrogens with zero attached hydrogens (tertiary/aromatic N) is 4. The summed E-state index contributed by atoms with van der Waals surface area (Å²) in [6, 6.07) is 20.2. The van der Waals surface area contributed by atoms with E-state index in [0.717, 1.165) is 38.3 Å². The van der Waals surface area contributed by atoms with Gasteiger partial charge in [-0.25, -0.2) is 0 Å². The lowest BCUT2D eigenvalue weighted by Crippen LogP contribution is -2.46. The number of piperazine rings is 1. The lowest BCUT2D eigenvalue weighted by molar-refractivity contribution is -0.808. The van der Waals surface area contributed by atoms with Gasteiger partial charge in [0.05, 0.1) is 6.54 Å². The van der Waals surface area contributed by atoms with Gasteiger partial charge in [-0.3, -0.25) is 14.4 Å². The molecule has 6 heteroatoms. The molecule has 0 amide bonds. The number of benzene rings is 2. The summed E-state index contributed by atoms with van der Waals surface area (Å²) in [5.74, 6) is 0. The fourth-order valence-corrected chi connectivity index (χ4v) is 3.37. The molecule has 134 valence electrons. The summed E-state index contributed by atoms with van der Waals surface area (Å²) in [7, 11) is 0. The highest BCUT2D eigenvalue weighted by Crippen LogP contribution is 2.21. The van der Waals surface area contributed by atoms with Gasteiger partial charge in [0, 0.05) is 43.4 Å². The van der Waals surface area contributed by atoms with Crippen LogP contribution >= 0.6 is 0 Å². The van der Waals surface area contributed by atoms with E-state index < -0.39 is 0 Å². The maximum absolute atomic E-state index is 12.0. The number of aromatic nitrogens is 2. The van der Waals surface area contributed by atoms with Gasteiger partial charge in [0.15, 0.2) is 0 Å². The molecule has 4 rings (SSSR count). The van der Waals surface area contributed by atoms with E-state index in [9.17, 15) is 5.21 Å². The van der Waals surface area contributed by atoms with Crippen LogP contribution in [0.3, 0.4) is 0 Å². The molecule has 1 aliphatic heterocycles. The van der Waals surface area contributed by atoms with Crippen LogP contribution in [0.2, 0.25) is 0 Å². The highest BCUT2D eigenvalue weighted by Gasteiger charge is 2.25. The van der Waals surface area contributed by atoms with Crippen LogP contribution < -0.4 is 4.90 Å². The molecule has 1 aliphatic rings. The molecule has 6 nitrogen and oxygen atoms in total. The third kappa shape index (κ3) is 3.76. The first kappa shape index (κ1) is 16.8. The minimum Gasteiger partial charge on any atom is -0.359 e. The van der Waals surface area contributed by atoms with E-state index >= 15 is 0 Å². The van der Waals surface area contributed by atoms with Crippen LogP contribution in [0, 0.1) is 5.21 Å². The molecule has 2 heterocycles. The Balaban J connectivity index is 1.39. The molecule has 0 N–H and O–H groups in total. The summed E-state index contributed by atoms with van der Waals surface area (Å²) in [5.41, 5.74) is 3.45. The first-order chi connectivity index (χ1) is 12.8. The van der Waals surface area contributed by atoms with Gasteiger partial charge < -0.3 is 5.21 Å². The van der Waals surface area contributed by atoms with Crippen LogP contribution in [0.1, 0.15) is 11.3 Å². The summed E-state index contributed by atoms with van der Waals surface area (Å²) in [6.45, 7) is 5.34. The zero-order chi connectivity index (χ0) is 17.8.